The number of hydrogen-bond acceptors (Lipinski definition) is 5. The molecule has 2 aromatic heterocycles. The second-order valence-corrected chi connectivity index (χ2v) is 6.13. The van der Waals surface area contributed by atoms with Crippen LogP contribution in [0.2, 0.25) is 0 Å². The summed E-state index contributed by atoms with van der Waals surface area (Å²) in [4.78, 5) is 16.7. The number of carbonyl (C=O) groups is 1. The van der Waals surface area contributed by atoms with Crippen molar-refractivity contribution in [3.05, 3.63) is 41.2 Å². The van der Waals surface area contributed by atoms with E-state index in [-0.39, 0.29) is 11.9 Å². The molecule has 114 valence electrons. The summed E-state index contributed by atoms with van der Waals surface area (Å²) >= 11 is 1.45. The topological polar surface area (TPSA) is 60.5 Å². The smallest absolute Gasteiger partial charge is 0.245 e. The van der Waals surface area contributed by atoms with Gasteiger partial charge in [-0.15, -0.1) is 11.3 Å². The summed E-state index contributed by atoms with van der Waals surface area (Å²) in [5.41, 5.74) is 1.65. The van der Waals surface area contributed by atoms with Gasteiger partial charge >= 0.3 is 0 Å². The Kier molecular flexibility index (Phi) is 4.27. The lowest BCUT2D eigenvalue weighted by molar-refractivity contribution is -0.121. The van der Waals surface area contributed by atoms with E-state index in [9.17, 15) is 4.79 Å². The van der Waals surface area contributed by atoms with Crippen molar-refractivity contribution in [1.29, 1.82) is 5.26 Å². The van der Waals surface area contributed by atoms with Gasteiger partial charge in [0.1, 0.15) is 11.1 Å². The van der Waals surface area contributed by atoms with Gasteiger partial charge in [-0.25, -0.2) is 0 Å². The van der Waals surface area contributed by atoms with Gasteiger partial charge in [-0.05, 0) is 30.5 Å². The molecule has 0 radical (unpaired) electrons. The monoisotopic (exact) mass is 315 g/mol. The van der Waals surface area contributed by atoms with E-state index in [1.165, 1.54) is 11.3 Å². The first-order valence-corrected chi connectivity index (χ1v) is 8.16. The highest BCUT2D eigenvalue weighted by Crippen LogP contribution is 2.32. The normalized spacial score (nSPS) is 18.1. The fourth-order valence-electron chi connectivity index (χ4n) is 2.86. The van der Waals surface area contributed by atoms with Crippen molar-refractivity contribution in [2.75, 3.05) is 18.0 Å². The van der Waals surface area contributed by atoms with Gasteiger partial charge in [-0.2, -0.15) is 5.26 Å². The zero-order chi connectivity index (χ0) is 15.5. The highest BCUT2D eigenvalue weighted by Gasteiger charge is 2.37. The van der Waals surface area contributed by atoms with Crippen LogP contribution in [0.3, 0.4) is 0 Å². The average Bonchev–Trinajstić information content (AvgIpc) is 3.25. The van der Waals surface area contributed by atoms with Crippen molar-refractivity contribution in [3.63, 3.8) is 0 Å². The van der Waals surface area contributed by atoms with Gasteiger partial charge in [0.15, 0.2) is 0 Å². The third kappa shape index (κ3) is 2.65. The lowest BCUT2D eigenvalue weighted by Crippen LogP contribution is -2.41. The van der Waals surface area contributed by atoms with E-state index in [0.717, 1.165) is 23.5 Å². The molecule has 0 N–H and O–H groups in total. The number of thiophene rings is 1. The third-order valence-electron chi connectivity index (χ3n) is 4.00. The van der Waals surface area contributed by atoms with Crippen LogP contribution in [0.15, 0.2) is 34.5 Å². The summed E-state index contributed by atoms with van der Waals surface area (Å²) in [6, 6.07) is 5.72. The van der Waals surface area contributed by atoms with Gasteiger partial charge < -0.3 is 9.32 Å². The van der Waals surface area contributed by atoms with Crippen LogP contribution in [0.25, 0.3) is 0 Å². The van der Waals surface area contributed by atoms with E-state index in [1.807, 2.05) is 11.4 Å². The number of nitriles is 1. The van der Waals surface area contributed by atoms with Crippen LogP contribution >= 0.6 is 11.3 Å². The maximum Gasteiger partial charge on any atom is 0.245 e. The molecule has 1 atom stereocenters. The number of hydrogen-bond donors (Lipinski definition) is 0. The Labute approximate surface area is 133 Å². The molecule has 22 heavy (non-hydrogen) atoms. The number of furan rings is 1. The minimum Gasteiger partial charge on any atom is -0.472 e. The first kappa shape index (κ1) is 14.8. The van der Waals surface area contributed by atoms with E-state index < -0.39 is 0 Å². The predicted molar refractivity (Wildman–Crippen MR) is 84.6 cm³/mol. The van der Waals surface area contributed by atoms with Crippen LogP contribution in [0.1, 0.15) is 24.5 Å². The maximum absolute atomic E-state index is 12.8. The van der Waals surface area contributed by atoms with Crippen molar-refractivity contribution in [3.8, 4) is 6.07 Å². The Hall–Kier alpha value is -2.10. The fraction of sp³-hybridized carbons (Fsp3) is 0.375. The molecule has 0 aliphatic carbocycles. The third-order valence-corrected chi connectivity index (χ3v) is 4.94. The fourth-order valence-corrected chi connectivity index (χ4v) is 3.74. The second-order valence-electron chi connectivity index (χ2n) is 5.24. The lowest BCUT2D eigenvalue weighted by Gasteiger charge is -2.25. The Morgan fingerprint density at radius 3 is 3.09 bits per heavy atom. The van der Waals surface area contributed by atoms with E-state index in [2.05, 4.69) is 17.9 Å². The highest BCUT2D eigenvalue weighted by molar-refractivity contribution is 7.14. The molecule has 1 amide bonds. The van der Waals surface area contributed by atoms with Crippen LogP contribution in [0.5, 0.6) is 0 Å². The van der Waals surface area contributed by atoms with Crippen LogP contribution in [0.4, 0.5) is 5.00 Å². The molecule has 1 aliphatic rings. The van der Waals surface area contributed by atoms with Gasteiger partial charge in [0, 0.05) is 18.7 Å². The van der Waals surface area contributed by atoms with Crippen molar-refractivity contribution < 1.29 is 9.21 Å². The minimum absolute atomic E-state index is 0.0873. The molecule has 0 spiro atoms. The molecule has 5 nitrogen and oxygen atoms in total. The molecule has 3 rings (SSSR count). The van der Waals surface area contributed by atoms with E-state index >= 15 is 0 Å². The molecule has 1 aliphatic heterocycles. The summed E-state index contributed by atoms with van der Waals surface area (Å²) < 4.78 is 5.10. The van der Waals surface area contributed by atoms with Gasteiger partial charge in [0.25, 0.3) is 0 Å². The number of nitrogens with zero attached hydrogens (tertiary/aromatic N) is 3. The number of likely N-dealkylation sites (N-methyl/N-ethyl adjacent to an activating group) is 1. The van der Waals surface area contributed by atoms with E-state index in [4.69, 9.17) is 9.68 Å². The van der Waals surface area contributed by atoms with Gasteiger partial charge in [0.05, 0.1) is 24.1 Å². The minimum atomic E-state index is -0.131. The number of carbonyl (C=O) groups excluding carboxylic acids is 1. The Bertz CT molecular complexity index is 687. The van der Waals surface area contributed by atoms with Gasteiger partial charge in [-0.1, -0.05) is 6.92 Å². The molecular formula is C16H17N3O2S. The van der Waals surface area contributed by atoms with E-state index in [0.29, 0.717) is 18.7 Å². The van der Waals surface area contributed by atoms with Gasteiger partial charge in [-0.3, -0.25) is 9.69 Å². The average molecular weight is 315 g/mol. The Balaban J connectivity index is 1.76. The van der Waals surface area contributed by atoms with Crippen LogP contribution < -0.4 is 4.90 Å². The molecule has 2 aromatic rings. The Morgan fingerprint density at radius 1 is 1.55 bits per heavy atom. The lowest BCUT2D eigenvalue weighted by atomic mass is 10.2. The second kappa shape index (κ2) is 6.34. The molecule has 0 bridgehead atoms. The van der Waals surface area contributed by atoms with Crippen LogP contribution in [-0.2, 0) is 11.3 Å². The molecule has 0 unspecified atom stereocenters. The van der Waals surface area contributed by atoms with Crippen molar-refractivity contribution in [2.24, 2.45) is 0 Å². The summed E-state index contributed by atoms with van der Waals surface area (Å²) in [5, 5.41) is 11.8. The van der Waals surface area contributed by atoms with E-state index in [1.54, 1.807) is 23.5 Å². The summed E-state index contributed by atoms with van der Waals surface area (Å²) in [6.45, 7) is 4.22. The Morgan fingerprint density at radius 2 is 2.41 bits per heavy atom. The summed E-state index contributed by atoms with van der Waals surface area (Å²) in [6.07, 6.45) is 4.15. The van der Waals surface area contributed by atoms with Crippen LogP contribution in [-0.4, -0.2) is 29.9 Å². The first-order valence-electron chi connectivity index (χ1n) is 7.28. The summed E-state index contributed by atoms with van der Waals surface area (Å²) in [7, 11) is 0. The SMILES string of the molecule is CCN(Cc1ccoc1)[C@@H]1CCN(c2sccc2C#N)C1=O. The van der Waals surface area contributed by atoms with Crippen molar-refractivity contribution >= 4 is 22.2 Å². The largest absolute Gasteiger partial charge is 0.472 e. The molecule has 1 fully saturated rings. The zero-order valence-electron chi connectivity index (χ0n) is 12.4. The zero-order valence-corrected chi connectivity index (χ0v) is 13.2. The molecule has 0 saturated carbocycles. The highest BCUT2D eigenvalue weighted by atomic mass is 32.1. The number of anilines is 1. The quantitative estimate of drug-likeness (QED) is 0.851. The molecule has 3 heterocycles. The van der Waals surface area contributed by atoms with Gasteiger partial charge in [0.2, 0.25) is 5.91 Å². The van der Waals surface area contributed by atoms with Crippen molar-refractivity contribution in [1.82, 2.24) is 4.90 Å². The molecule has 1 saturated heterocycles. The predicted octanol–water partition coefficient (Wildman–Crippen LogP) is 2.84. The van der Waals surface area contributed by atoms with Crippen molar-refractivity contribution in [2.45, 2.75) is 25.9 Å². The molecule has 0 aromatic carbocycles. The standard InChI is InChI=1S/C16H17N3O2S/c1-2-18(10-12-4-7-21-11-12)14-3-6-19(15(14)20)16-13(9-17)5-8-22-16/h4-5,7-8,11,14H,2-3,6,10H2,1H3/t14-/m1/s1. The maximum atomic E-state index is 12.8. The molecular weight excluding hydrogens is 298 g/mol. The summed E-state index contributed by atoms with van der Waals surface area (Å²) in [5.74, 6) is 0.0873. The molecule has 6 heteroatoms. The first-order chi connectivity index (χ1) is 10.7. The number of amides is 1. The number of rotatable bonds is 5. The van der Waals surface area contributed by atoms with Crippen LogP contribution in [0, 0.1) is 11.3 Å².